The van der Waals surface area contributed by atoms with E-state index in [2.05, 4.69) is 37.2 Å². The van der Waals surface area contributed by atoms with Gasteiger partial charge in [-0.25, -0.2) is 0 Å². The fourth-order valence-corrected chi connectivity index (χ4v) is 3.61. The maximum absolute atomic E-state index is 12.3. The van der Waals surface area contributed by atoms with Crippen molar-refractivity contribution in [1.82, 2.24) is 25.1 Å². The molecule has 27 heavy (non-hydrogen) atoms. The highest BCUT2D eigenvalue weighted by molar-refractivity contribution is 8.00. The molecule has 0 spiro atoms. The van der Waals surface area contributed by atoms with Gasteiger partial charge in [0.2, 0.25) is 5.91 Å². The molecular formula is C20H21N5OS. The van der Waals surface area contributed by atoms with E-state index in [9.17, 15) is 4.79 Å². The van der Waals surface area contributed by atoms with Gasteiger partial charge in [-0.05, 0) is 37.5 Å². The molecule has 4 rings (SSSR count). The van der Waals surface area contributed by atoms with Gasteiger partial charge < -0.3 is 5.32 Å². The topological polar surface area (TPSA) is 72.7 Å². The van der Waals surface area contributed by atoms with Crippen LogP contribution in [0.3, 0.4) is 0 Å². The Morgan fingerprint density at radius 3 is 2.63 bits per heavy atom. The van der Waals surface area contributed by atoms with Gasteiger partial charge in [0.25, 0.3) is 0 Å². The van der Waals surface area contributed by atoms with Gasteiger partial charge >= 0.3 is 0 Å². The molecule has 0 bridgehead atoms. The van der Waals surface area contributed by atoms with Crippen LogP contribution in [0.1, 0.15) is 25.3 Å². The number of amides is 1. The van der Waals surface area contributed by atoms with Crippen molar-refractivity contribution in [2.24, 2.45) is 0 Å². The number of thioether (sulfide) groups is 1. The lowest BCUT2D eigenvalue weighted by molar-refractivity contribution is -0.120. The summed E-state index contributed by atoms with van der Waals surface area (Å²) in [6.07, 6.45) is 5.66. The molecule has 1 atom stereocenters. The lowest BCUT2D eigenvalue weighted by Gasteiger charge is -2.14. The van der Waals surface area contributed by atoms with E-state index in [4.69, 9.17) is 0 Å². The first-order valence-electron chi connectivity index (χ1n) is 9.05. The van der Waals surface area contributed by atoms with E-state index in [1.165, 1.54) is 11.8 Å². The number of hydrogen-bond acceptors (Lipinski definition) is 5. The van der Waals surface area contributed by atoms with Gasteiger partial charge in [-0.1, -0.05) is 42.1 Å². The van der Waals surface area contributed by atoms with Gasteiger partial charge in [-0.15, -0.1) is 10.2 Å². The first-order valence-corrected chi connectivity index (χ1v) is 9.93. The van der Waals surface area contributed by atoms with Crippen molar-refractivity contribution >= 4 is 17.7 Å². The van der Waals surface area contributed by atoms with Crippen LogP contribution < -0.4 is 5.32 Å². The second-order valence-electron chi connectivity index (χ2n) is 6.66. The van der Waals surface area contributed by atoms with Crippen LogP contribution in [0.15, 0.2) is 60.0 Å². The summed E-state index contributed by atoms with van der Waals surface area (Å²) in [6.45, 7) is 2.56. The van der Waals surface area contributed by atoms with Crippen molar-refractivity contribution < 1.29 is 4.79 Å². The van der Waals surface area contributed by atoms with Crippen LogP contribution in [0.25, 0.3) is 11.4 Å². The fourth-order valence-electron chi connectivity index (χ4n) is 2.76. The number of carbonyl (C=O) groups is 1. The third kappa shape index (κ3) is 4.36. The molecular weight excluding hydrogens is 358 g/mol. The molecule has 1 unspecified atom stereocenters. The molecule has 1 aliphatic carbocycles. The van der Waals surface area contributed by atoms with Crippen LogP contribution in [0.2, 0.25) is 0 Å². The highest BCUT2D eigenvalue weighted by Gasteiger charge is 2.27. The summed E-state index contributed by atoms with van der Waals surface area (Å²) in [5.41, 5.74) is 2.11. The molecule has 1 N–H and O–H groups in total. The third-order valence-corrected chi connectivity index (χ3v) is 5.49. The Bertz CT molecular complexity index is 909. The number of nitrogens with one attached hydrogen (secondary N) is 1. The number of carbonyl (C=O) groups excluding carboxylic acids is 1. The molecule has 1 amide bonds. The molecule has 1 fully saturated rings. The molecule has 2 heterocycles. The summed E-state index contributed by atoms with van der Waals surface area (Å²) < 4.78 is 2.07. The zero-order valence-corrected chi connectivity index (χ0v) is 15.9. The number of nitrogens with zero attached hydrogens (tertiary/aromatic N) is 4. The average molecular weight is 379 g/mol. The summed E-state index contributed by atoms with van der Waals surface area (Å²) in [5, 5.41) is 12.4. The van der Waals surface area contributed by atoms with Crippen LogP contribution in [-0.2, 0) is 11.3 Å². The number of pyridine rings is 1. The maximum atomic E-state index is 12.3. The standard InChI is InChI=1S/C20H21N5OS/c1-14(19(26)22-17-7-8-17)27-20-24-23-18(16-9-11-21-12-10-16)25(20)13-15-5-3-2-4-6-15/h2-6,9-12,14,17H,7-8,13H2,1H3,(H,22,26). The van der Waals surface area contributed by atoms with Gasteiger partial charge in [0.1, 0.15) is 0 Å². The largest absolute Gasteiger partial charge is 0.352 e. The van der Waals surface area contributed by atoms with E-state index in [0.29, 0.717) is 12.6 Å². The quantitative estimate of drug-likeness (QED) is 0.639. The van der Waals surface area contributed by atoms with Crippen LogP contribution in [0.5, 0.6) is 0 Å². The molecule has 1 aromatic carbocycles. The van der Waals surface area contributed by atoms with Gasteiger partial charge in [-0.2, -0.15) is 0 Å². The molecule has 3 aromatic rings. The predicted octanol–water partition coefficient (Wildman–Crippen LogP) is 3.15. The van der Waals surface area contributed by atoms with E-state index in [0.717, 1.165) is 34.9 Å². The van der Waals surface area contributed by atoms with Gasteiger partial charge in [0.05, 0.1) is 11.8 Å². The number of hydrogen-bond donors (Lipinski definition) is 1. The monoisotopic (exact) mass is 379 g/mol. The van der Waals surface area contributed by atoms with Crippen LogP contribution in [-0.4, -0.2) is 36.9 Å². The lowest BCUT2D eigenvalue weighted by atomic mass is 10.2. The lowest BCUT2D eigenvalue weighted by Crippen LogP contribution is -2.32. The smallest absolute Gasteiger partial charge is 0.233 e. The van der Waals surface area contributed by atoms with E-state index in [1.807, 2.05) is 37.3 Å². The average Bonchev–Trinajstić information content (AvgIpc) is 3.44. The normalized spacial score (nSPS) is 14.7. The molecule has 1 saturated carbocycles. The summed E-state index contributed by atoms with van der Waals surface area (Å²) >= 11 is 1.44. The van der Waals surface area contributed by atoms with E-state index >= 15 is 0 Å². The fraction of sp³-hybridized carbons (Fsp3) is 0.300. The van der Waals surface area contributed by atoms with Gasteiger partial charge in [-0.3, -0.25) is 14.3 Å². The Balaban J connectivity index is 1.62. The summed E-state index contributed by atoms with van der Waals surface area (Å²) in [6, 6.07) is 14.4. The molecule has 0 saturated heterocycles. The summed E-state index contributed by atoms with van der Waals surface area (Å²) in [7, 11) is 0. The van der Waals surface area contributed by atoms with Crippen LogP contribution in [0, 0.1) is 0 Å². The van der Waals surface area contributed by atoms with E-state index < -0.39 is 0 Å². The Morgan fingerprint density at radius 2 is 1.93 bits per heavy atom. The first kappa shape index (κ1) is 17.7. The minimum Gasteiger partial charge on any atom is -0.352 e. The Labute approximate surface area is 162 Å². The van der Waals surface area contributed by atoms with Gasteiger partial charge in [0, 0.05) is 24.0 Å². The van der Waals surface area contributed by atoms with Crippen molar-refractivity contribution in [3.8, 4) is 11.4 Å². The number of rotatable bonds is 7. The molecule has 6 nitrogen and oxygen atoms in total. The molecule has 0 radical (unpaired) electrons. The van der Waals surface area contributed by atoms with Crippen molar-refractivity contribution in [1.29, 1.82) is 0 Å². The van der Waals surface area contributed by atoms with Crippen LogP contribution in [0.4, 0.5) is 0 Å². The first-order chi connectivity index (χ1) is 13.2. The Morgan fingerprint density at radius 1 is 1.19 bits per heavy atom. The second kappa shape index (κ2) is 7.92. The molecule has 138 valence electrons. The third-order valence-electron chi connectivity index (χ3n) is 4.41. The minimum absolute atomic E-state index is 0.0576. The SMILES string of the molecule is CC(Sc1nnc(-c2ccncc2)n1Cc1ccccc1)C(=O)NC1CC1. The van der Waals surface area contributed by atoms with Crippen molar-refractivity contribution in [2.75, 3.05) is 0 Å². The summed E-state index contributed by atoms with van der Waals surface area (Å²) in [5.74, 6) is 0.834. The van der Waals surface area contributed by atoms with Crippen LogP contribution >= 0.6 is 11.8 Å². The number of aromatic nitrogens is 4. The summed E-state index contributed by atoms with van der Waals surface area (Å²) in [4.78, 5) is 16.4. The zero-order valence-electron chi connectivity index (χ0n) is 15.1. The molecule has 2 aromatic heterocycles. The zero-order chi connectivity index (χ0) is 18.6. The number of benzene rings is 1. The molecule has 1 aliphatic rings. The molecule has 0 aliphatic heterocycles. The predicted molar refractivity (Wildman–Crippen MR) is 105 cm³/mol. The maximum Gasteiger partial charge on any atom is 0.233 e. The highest BCUT2D eigenvalue weighted by atomic mass is 32.2. The Kier molecular flexibility index (Phi) is 5.20. The minimum atomic E-state index is -0.227. The van der Waals surface area contributed by atoms with E-state index in [1.54, 1.807) is 12.4 Å². The Hall–Kier alpha value is -2.67. The highest BCUT2D eigenvalue weighted by Crippen LogP contribution is 2.28. The second-order valence-corrected chi connectivity index (χ2v) is 7.96. The van der Waals surface area contributed by atoms with Crippen molar-refractivity contribution in [3.63, 3.8) is 0 Å². The van der Waals surface area contributed by atoms with Crippen molar-refractivity contribution in [3.05, 3.63) is 60.4 Å². The molecule has 7 heteroatoms. The van der Waals surface area contributed by atoms with Gasteiger partial charge in [0.15, 0.2) is 11.0 Å². The van der Waals surface area contributed by atoms with Crippen molar-refractivity contribution in [2.45, 2.75) is 42.8 Å². The van der Waals surface area contributed by atoms with E-state index in [-0.39, 0.29) is 11.2 Å².